The maximum absolute atomic E-state index is 12.7. The first kappa shape index (κ1) is 26.9. The second kappa shape index (κ2) is 15.8. The van der Waals surface area contributed by atoms with Gasteiger partial charge in [0, 0.05) is 50.4 Å². The number of hydrogen-bond acceptors (Lipinski definition) is 6. The Kier molecular flexibility index (Phi) is 15.2. The molecule has 0 aliphatic rings. The number of nitrogens with zero attached hydrogens (tertiary/aromatic N) is 1. The van der Waals surface area contributed by atoms with Crippen LogP contribution in [0, 0.1) is 5.92 Å². The third kappa shape index (κ3) is 10.5. The summed E-state index contributed by atoms with van der Waals surface area (Å²) in [4.78, 5) is 25.6. The van der Waals surface area contributed by atoms with E-state index in [4.69, 9.17) is 10.8 Å². The van der Waals surface area contributed by atoms with E-state index in [-0.39, 0.29) is 37.4 Å². The molecule has 0 aliphatic heterocycles. The lowest BCUT2D eigenvalue weighted by Crippen LogP contribution is -2.46. The summed E-state index contributed by atoms with van der Waals surface area (Å²) >= 11 is 4.19. The minimum Gasteiger partial charge on any atom is -0.480 e. The second-order valence-corrected chi connectivity index (χ2v) is 7.57. The molecule has 5 N–H and O–H groups in total. The molecule has 0 saturated heterocycles. The SMILES string of the molecule is CCCCN(C(=O)CC=C[C@@H](NC[C@@H](N)CS)[C@@H](C)CC)[C@H](CCO)C(=O)O. The molecule has 0 aromatic rings. The number of aliphatic hydroxyl groups is 1. The van der Waals surface area contributed by atoms with E-state index in [0.29, 0.717) is 24.8 Å². The first-order chi connectivity index (χ1) is 13.3. The predicted octanol–water partition coefficient (Wildman–Crippen LogP) is 1.66. The van der Waals surface area contributed by atoms with Gasteiger partial charge in [0.2, 0.25) is 5.91 Å². The topological polar surface area (TPSA) is 116 Å². The predicted molar refractivity (Wildman–Crippen MR) is 117 cm³/mol. The number of hydrogen-bond donors (Lipinski definition) is 5. The van der Waals surface area contributed by atoms with Gasteiger partial charge in [-0.3, -0.25) is 4.79 Å². The van der Waals surface area contributed by atoms with Gasteiger partial charge in [-0.1, -0.05) is 45.8 Å². The first-order valence-electron chi connectivity index (χ1n) is 10.2. The molecule has 0 spiro atoms. The molecule has 0 heterocycles. The number of nitrogens with two attached hydrogens (primary N) is 1. The van der Waals surface area contributed by atoms with Crippen LogP contribution in [-0.2, 0) is 9.59 Å². The van der Waals surface area contributed by atoms with Crippen LogP contribution in [-0.4, -0.2) is 70.6 Å². The third-order valence-electron chi connectivity index (χ3n) is 4.88. The number of rotatable bonds is 16. The van der Waals surface area contributed by atoms with Crippen molar-refractivity contribution in [2.45, 2.75) is 71.0 Å². The highest BCUT2D eigenvalue weighted by atomic mass is 32.1. The van der Waals surface area contributed by atoms with Crippen molar-refractivity contribution in [2.24, 2.45) is 11.7 Å². The maximum atomic E-state index is 12.7. The quantitative estimate of drug-likeness (QED) is 0.193. The van der Waals surface area contributed by atoms with Crippen molar-refractivity contribution in [2.75, 3.05) is 25.4 Å². The highest BCUT2D eigenvalue weighted by Crippen LogP contribution is 2.12. The molecule has 7 nitrogen and oxygen atoms in total. The number of aliphatic hydroxyl groups excluding tert-OH is 1. The van der Waals surface area contributed by atoms with Crippen LogP contribution < -0.4 is 11.1 Å². The van der Waals surface area contributed by atoms with Gasteiger partial charge in [0.05, 0.1) is 0 Å². The summed E-state index contributed by atoms with van der Waals surface area (Å²) in [5.41, 5.74) is 5.92. The molecule has 0 aliphatic carbocycles. The zero-order chi connectivity index (χ0) is 21.5. The van der Waals surface area contributed by atoms with Crippen molar-refractivity contribution in [1.29, 1.82) is 0 Å². The molecule has 0 fully saturated rings. The molecule has 0 radical (unpaired) electrons. The minimum atomic E-state index is -1.08. The van der Waals surface area contributed by atoms with E-state index in [1.807, 2.05) is 13.0 Å². The normalized spacial score (nSPS) is 15.9. The van der Waals surface area contributed by atoms with Crippen LogP contribution in [0.25, 0.3) is 0 Å². The number of carboxylic acids is 1. The maximum Gasteiger partial charge on any atom is 0.326 e. The number of carboxylic acid groups (broad SMARTS) is 1. The summed E-state index contributed by atoms with van der Waals surface area (Å²) in [6.45, 7) is 6.97. The van der Waals surface area contributed by atoms with E-state index in [1.165, 1.54) is 4.90 Å². The van der Waals surface area contributed by atoms with E-state index in [2.05, 4.69) is 31.8 Å². The van der Waals surface area contributed by atoms with E-state index < -0.39 is 12.0 Å². The molecule has 0 unspecified atom stereocenters. The molecule has 0 bridgehead atoms. The van der Waals surface area contributed by atoms with Gasteiger partial charge in [0.1, 0.15) is 6.04 Å². The molecule has 0 rings (SSSR count). The second-order valence-electron chi connectivity index (χ2n) is 7.20. The van der Waals surface area contributed by atoms with Gasteiger partial charge in [0.15, 0.2) is 0 Å². The number of thiol groups is 1. The van der Waals surface area contributed by atoms with Gasteiger partial charge >= 0.3 is 5.97 Å². The molecule has 0 aromatic heterocycles. The van der Waals surface area contributed by atoms with E-state index >= 15 is 0 Å². The number of unbranched alkanes of at least 4 members (excludes halogenated alkanes) is 1. The number of carbonyl (C=O) groups excluding carboxylic acids is 1. The Morgan fingerprint density at radius 2 is 2.00 bits per heavy atom. The monoisotopic (exact) mass is 417 g/mol. The zero-order valence-corrected chi connectivity index (χ0v) is 18.4. The van der Waals surface area contributed by atoms with E-state index in [1.54, 1.807) is 6.08 Å². The molecule has 8 heteroatoms. The van der Waals surface area contributed by atoms with Gasteiger partial charge in [0.25, 0.3) is 0 Å². The molecule has 164 valence electrons. The van der Waals surface area contributed by atoms with Crippen LogP contribution in [0.2, 0.25) is 0 Å². The minimum absolute atomic E-state index is 0.0349. The van der Waals surface area contributed by atoms with Crippen molar-refractivity contribution in [3.63, 3.8) is 0 Å². The van der Waals surface area contributed by atoms with Crippen LogP contribution in [0.5, 0.6) is 0 Å². The summed E-state index contributed by atoms with van der Waals surface area (Å²) in [6.07, 6.45) is 6.50. The molecule has 1 amide bonds. The Morgan fingerprint density at radius 3 is 2.50 bits per heavy atom. The van der Waals surface area contributed by atoms with Gasteiger partial charge < -0.3 is 26.2 Å². The van der Waals surface area contributed by atoms with Crippen LogP contribution in [0.3, 0.4) is 0 Å². The molecule has 28 heavy (non-hydrogen) atoms. The fourth-order valence-electron chi connectivity index (χ4n) is 2.82. The Balaban J connectivity index is 5.06. The number of aliphatic carboxylic acids is 1. The van der Waals surface area contributed by atoms with Crippen molar-refractivity contribution in [3.8, 4) is 0 Å². The third-order valence-corrected chi connectivity index (χ3v) is 5.35. The smallest absolute Gasteiger partial charge is 0.326 e. The molecule has 4 atom stereocenters. The van der Waals surface area contributed by atoms with E-state index in [9.17, 15) is 14.7 Å². The van der Waals surface area contributed by atoms with E-state index in [0.717, 1.165) is 19.3 Å². The lowest BCUT2D eigenvalue weighted by atomic mass is 9.98. The largest absolute Gasteiger partial charge is 0.480 e. The standard InChI is InChI=1S/C20H39N3O4S/c1-4-6-11-23(18(10-12-24)20(26)27)19(25)9-7-8-17(15(3)5-2)22-13-16(21)14-28/h7-8,15-18,22,24,28H,4-6,9-14,21H2,1-3H3,(H,26,27)/t15-,16+,17+,18+/m0/s1. The Bertz CT molecular complexity index is 476. The summed E-state index contributed by atoms with van der Waals surface area (Å²) in [5, 5.41) is 22.0. The molecule has 0 saturated carbocycles. The van der Waals surface area contributed by atoms with Gasteiger partial charge in [-0.25, -0.2) is 4.79 Å². The fraction of sp³-hybridized carbons (Fsp3) is 0.800. The van der Waals surface area contributed by atoms with Crippen molar-refractivity contribution < 1.29 is 19.8 Å². The summed E-state index contributed by atoms with van der Waals surface area (Å²) in [7, 11) is 0. The summed E-state index contributed by atoms with van der Waals surface area (Å²) < 4.78 is 0. The van der Waals surface area contributed by atoms with Crippen LogP contribution >= 0.6 is 12.6 Å². The Hall–Kier alpha value is -1.09. The average molecular weight is 418 g/mol. The fourth-order valence-corrected chi connectivity index (χ4v) is 2.94. The van der Waals surface area contributed by atoms with Crippen molar-refractivity contribution >= 4 is 24.5 Å². The van der Waals surface area contributed by atoms with Gasteiger partial charge in [-0.05, 0) is 12.3 Å². The number of carbonyl (C=O) groups is 2. The summed E-state index contributed by atoms with van der Waals surface area (Å²) in [5.74, 6) is -0.352. The molecule has 0 aromatic carbocycles. The lowest BCUT2D eigenvalue weighted by molar-refractivity contribution is -0.150. The van der Waals surface area contributed by atoms with Gasteiger partial charge in [-0.2, -0.15) is 12.6 Å². The molecular weight excluding hydrogens is 378 g/mol. The highest BCUT2D eigenvalue weighted by molar-refractivity contribution is 7.80. The van der Waals surface area contributed by atoms with Crippen LogP contribution in [0.4, 0.5) is 0 Å². The lowest BCUT2D eigenvalue weighted by Gasteiger charge is -2.28. The highest BCUT2D eigenvalue weighted by Gasteiger charge is 2.28. The first-order valence-corrected chi connectivity index (χ1v) is 10.8. The Labute approximate surface area is 175 Å². The van der Waals surface area contributed by atoms with Crippen molar-refractivity contribution in [1.82, 2.24) is 10.2 Å². The van der Waals surface area contributed by atoms with Crippen LogP contribution in [0.1, 0.15) is 52.9 Å². The average Bonchev–Trinajstić information content (AvgIpc) is 2.68. The van der Waals surface area contributed by atoms with Gasteiger partial charge in [-0.15, -0.1) is 0 Å². The summed E-state index contributed by atoms with van der Waals surface area (Å²) in [6, 6.07) is -0.945. The zero-order valence-electron chi connectivity index (χ0n) is 17.5. The number of nitrogens with one attached hydrogen (secondary N) is 1. The van der Waals surface area contributed by atoms with Crippen molar-refractivity contribution in [3.05, 3.63) is 12.2 Å². The Morgan fingerprint density at radius 1 is 1.32 bits per heavy atom. The number of amides is 1. The molecular formula is C20H39N3O4S. The van der Waals surface area contributed by atoms with Crippen LogP contribution in [0.15, 0.2) is 12.2 Å².